The van der Waals surface area contributed by atoms with E-state index in [0.29, 0.717) is 6.04 Å². The minimum Gasteiger partial charge on any atom is -0.338 e. The summed E-state index contributed by atoms with van der Waals surface area (Å²) < 4.78 is 5.44. The van der Waals surface area contributed by atoms with Crippen molar-refractivity contribution in [3.8, 4) is 0 Å². The van der Waals surface area contributed by atoms with Gasteiger partial charge in [0.05, 0.1) is 6.54 Å². The molecule has 1 unspecified atom stereocenters. The highest BCUT2D eigenvalue weighted by Gasteiger charge is 2.32. The van der Waals surface area contributed by atoms with Gasteiger partial charge in [0.25, 0.3) is 0 Å². The highest BCUT2D eigenvalue weighted by atomic mass is 16.5. The molecule has 0 spiro atoms. The standard InChI is InChI=1S/C16H28N4O/c1-2-3-7-15-18-16(21-19-15)12-20(14-8-9-14)11-13-6-4-5-10-17-13/h13-14,17H,2-12H2,1H3. The maximum Gasteiger partial charge on any atom is 0.240 e. The number of nitrogens with one attached hydrogen (secondary N) is 1. The van der Waals surface area contributed by atoms with Crippen LogP contribution in [0.5, 0.6) is 0 Å². The van der Waals surface area contributed by atoms with Crippen LogP contribution in [0.4, 0.5) is 0 Å². The van der Waals surface area contributed by atoms with Crippen molar-refractivity contribution in [3.63, 3.8) is 0 Å². The Kier molecular flexibility index (Phi) is 5.25. The van der Waals surface area contributed by atoms with Crippen molar-refractivity contribution in [2.75, 3.05) is 13.1 Å². The lowest BCUT2D eigenvalue weighted by Gasteiger charge is -2.29. The molecule has 2 aliphatic rings. The molecule has 2 heterocycles. The van der Waals surface area contributed by atoms with Crippen LogP contribution in [0.3, 0.4) is 0 Å². The van der Waals surface area contributed by atoms with E-state index in [0.717, 1.165) is 43.7 Å². The monoisotopic (exact) mass is 292 g/mol. The number of aromatic nitrogens is 2. The summed E-state index contributed by atoms with van der Waals surface area (Å²) in [6, 6.07) is 1.38. The number of piperidine rings is 1. The van der Waals surface area contributed by atoms with Gasteiger partial charge < -0.3 is 9.84 Å². The third kappa shape index (κ3) is 4.51. The average Bonchev–Trinajstić information content (AvgIpc) is 3.27. The lowest BCUT2D eigenvalue weighted by Crippen LogP contribution is -2.44. The first kappa shape index (κ1) is 15.0. The van der Waals surface area contributed by atoms with Crippen molar-refractivity contribution in [1.29, 1.82) is 0 Å². The summed E-state index contributed by atoms with van der Waals surface area (Å²) >= 11 is 0. The van der Waals surface area contributed by atoms with E-state index in [2.05, 4.69) is 27.3 Å². The molecule has 1 N–H and O–H groups in total. The van der Waals surface area contributed by atoms with Gasteiger partial charge in [-0.05, 0) is 38.6 Å². The second kappa shape index (κ2) is 7.36. The average molecular weight is 292 g/mol. The van der Waals surface area contributed by atoms with Crippen LogP contribution in [0.25, 0.3) is 0 Å². The molecule has 1 saturated carbocycles. The number of rotatable bonds is 8. The summed E-state index contributed by atoms with van der Waals surface area (Å²) in [6.45, 7) is 5.30. The summed E-state index contributed by atoms with van der Waals surface area (Å²) in [5.74, 6) is 1.67. The Bertz CT molecular complexity index is 424. The Labute approximate surface area is 127 Å². The molecule has 118 valence electrons. The van der Waals surface area contributed by atoms with Gasteiger partial charge >= 0.3 is 0 Å². The first-order valence-electron chi connectivity index (χ1n) is 8.64. The Balaban J connectivity index is 1.53. The molecule has 3 rings (SSSR count). The van der Waals surface area contributed by atoms with Gasteiger partial charge in [-0.15, -0.1) is 0 Å². The molecule has 5 nitrogen and oxygen atoms in total. The fourth-order valence-electron chi connectivity index (χ4n) is 3.11. The Morgan fingerprint density at radius 1 is 1.29 bits per heavy atom. The highest BCUT2D eigenvalue weighted by molar-refractivity contribution is 4.92. The second-order valence-electron chi connectivity index (χ2n) is 6.52. The Morgan fingerprint density at radius 2 is 2.19 bits per heavy atom. The van der Waals surface area contributed by atoms with Crippen LogP contribution in [0.15, 0.2) is 4.52 Å². The largest absolute Gasteiger partial charge is 0.338 e. The van der Waals surface area contributed by atoms with Crippen LogP contribution in [0.1, 0.15) is 63.6 Å². The van der Waals surface area contributed by atoms with Crippen LogP contribution in [-0.4, -0.2) is 40.2 Å². The lowest BCUT2D eigenvalue weighted by molar-refractivity contribution is 0.184. The zero-order chi connectivity index (χ0) is 14.5. The molecule has 0 aromatic carbocycles. The summed E-state index contributed by atoms with van der Waals surface area (Å²) in [5.41, 5.74) is 0. The molecule has 21 heavy (non-hydrogen) atoms. The SMILES string of the molecule is CCCCc1noc(CN(CC2CCCCN2)C2CC2)n1. The molecule has 5 heteroatoms. The van der Waals surface area contributed by atoms with E-state index < -0.39 is 0 Å². The van der Waals surface area contributed by atoms with E-state index in [1.807, 2.05) is 0 Å². The molecular formula is C16H28N4O. The third-order valence-electron chi connectivity index (χ3n) is 4.53. The van der Waals surface area contributed by atoms with E-state index in [1.165, 1.54) is 45.1 Å². The lowest BCUT2D eigenvalue weighted by atomic mass is 10.0. The topological polar surface area (TPSA) is 54.2 Å². The number of hydrogen-bond acceptors (Lipinski definition) is 5. The van der Waals surface area contributed by atoms with Gasteiger partial charge in [0, 0.05) is 25.0 Å². The van der Waals surface area contributed by atoms with E-state index >= 15 is 0 Å². The van der Waals surface area contributed by atoms with Crippen molar-refractivity contribution >= 4 is 0 Å². The van der Waals surface area contributed by atoms with Crippen LogP contribution >= 0.6 is 0 Å². The smallest absolute Gasteiger partial charge is 0.240 e. The molecule has 1 aromatic rings. The van der Waals surface area contributed by atoms with Crippen molar-refractivity contribution in [3.05, 3.63) is 11.7 Å². The number of aryl methyl sites for hydroxylation is 1. The zero-order valence-electron chi connectivity index (χ0n) is 13.2. The molecular weight excluding hydrogens is 264 g/mol. The summed E-state index contributed by atoms with van der Waals surface area (Å²) in [5, 5.41) is 7.75. The summed E-state index contributed by atoms with van der Waals surface area (Å²) in [7, 11) is 0. The molecule has 0 amide bonds. The van der Waals surface area contributed by atoms with Crippen molar-refractivity contribution in [1.82, 2.24) is 20.4 Å². The minimum absolute atomic E-state index is 0.641. The van der Waals surface area contributed by atoms with Crippen molar-refractivity contribution in [2.24, 2.45) is 0 Å². The van der Waals surface area contributed by atoms with Gasteiger partial charge in [-0.1, -0.05) is 24.9 Å². The molecule has 1 atom stereocenters. The predicted molar refractivity (Wildman–Crippen MR) is 82.0 cm³/mol. The molecule has 0 radical (unpaired) electrons. The van der Waals surface area contributed by atoms with Gasteiger partial charge in [0.15, 0.2) is 5.82 Å². The Hall–Kier alpha value is -0.940. The van der Waals surface area contributed by atoms with Gasteiger partial charge in [-0.2, -0.15) is 4.98 Å². The van der Waals surface area contributed by atoms with E-state index in [4.69, 9.17) is 4.52 Å². The summed E-state index contributed by atoms with van der Waals surface area (Å²) in [6.07, 6.45) is 9.88. The predicted octanol–water partition coefficient (Wildman–Crippen LogP) is 2.52. The fourth-order valence-corrected chi connectivity index (χ4v) is 3.11. The normalized spacial score (nSPS) is 22.9. The molecule has 1 aliphatic carbocycles. The van der Waals surface area contributed by atoms with E-state index in [1.54, 1.807) is 0 Å². The van der Waals surface area contributed by atoms with Crippen LogP contribution < -0.4 is 5.32 Å². The van der Waals surface area contributed by atoms with Crippen LogP contribution in [0.2, 0.25) is 0 Å². The van der Waals surface area contributed by atoms with Gasteiger partial charge in [-0.25, -0.2) is 0 Å². The number of nitrogens with zero attached hydrogens (tertiary/aromatic N) is 3. The number of unbranched alkanes of at least 4 members (excludes halogenated alkanes) is 1. The summed E-state index contributed by atoms with van der Waals surface area (Å²) in [4.78, 5) is 7.09. The molecule has 2 fully saturated rings. The first-order chi connectivity index (χ1) is 10.3. The quantitative estimate of drug-likeness (QED) is 0.798. The van der Waals surface area contributed by atoms with Gasteiger partial charge in [0.1, 0.15) is 0 Å². The van der Waals surface area contributed by atoms with Gasteiger partial charge in [-0.3, -0.25) is 4.90 Å². The van der Waals surface area contributed by atoms with E-state index in [9.17, 15) is 0 Å². The third-order valence-corrected chi connectivity index (χ3v) is 4.53. The molecule has 1 aromatic heterocycles. The number of hydrogen-bond donors (Lipinski definition) is 1. The van der Waals surface area contributed by atoms with Crippen LogP contribution in [0, 0.1) is 0 Å². The van der Waals surface area contributed by atoms with Crippen molar-refractivity contribution < 1.29 is 4.52 Å². The van der Waals surface area contributed by atoms with Gasteiger partial charge in [0.2, 0.25) is 5.89 Å². The molecule has 1 saturated heterocycles. The maximum atomic E-state index is 5.44. The minimum atomic E-state index is 0.641. The molecule has 0 bridgehead atoms. The Morgan fingerprint density at radius 3 is 2.90 bits per heavy atom. The maximum absolute atomic E-state index is 5.44. The first-order valence-corrected chi connectivity index (χ1v) is 8.64. The van der Waals surface area contributed by atoms with Crippen LogP contribution in [-0.2, 0) is 13.0 Å². The molecule has 1 aliphatic heterocycles. The highest BCUT2D eigenvalue weighted by Crippen LogP contribution is 2.29. The fraction of sp³-hybridized carbons (Fsp3) is 0.875. The second-order valence-corrected chi connectivity index (χ2v) is 6.52. The van der Waals surface area contributed by atoms with E-state index in [-0.39, 0.29) is 0 Å². The zero-order valence-corrected chi connectivity index (χ0v) is 13.2. The van der Waals surface area contributed by atoms with Crippen molar-refractivity contribution in [2.45, 2.75) is 76.9 Å².